The molecule has 0 aromatic heterocycles. The quantitative estimate of drug-likeness (QED) is 0.154. The van der Waals surface area contributed by atoms with Crippen LogP contribution in [0, 0.1) is 0 Å². The first-order valence-electron chi connectivity index (χ1n) is 10.2. The van der Waals surface area contributed by atoms with E-state index in [1.54, 1.807) is 0 Å². The number of allylic oxidation sites excluding steroid dienone is 1. The van der Waals surface area contributed by atoms with Crippen molar-refractivity contribution in [3.8, 4) is 0 Å². The highest BCUT2D eigenvalue weighted by Gasteiger charge is 2.46. The molecule has 0 bridgehead atoms. The molecule has 0 saturated heterocycles. The van der Waals surface area contributed by atoms with E-state index < -0.39 is 35.7 Å². The third-order valence-electron chi connectivity index (χ3n) is 4.88. The average molecular weight is 403 g/mol. The van der Waals surface area contributed by atoms with Gasteiger partial charge < -0.3 is 31.9 Å². The second-order valence-corrected chi connectivity index (χ2v) is 7.35. The van der Waals surface area contributed by atoms with E-state index in [0.717, 1.165) is 25.3 Å². The van der Waals surface area contributed by atoms with Gasteiger partial charge in [-0.1, -0.05) is 70.8 Å². The molecule has 0 rings (SSSR count). The first kappa shape index (κ1) is 26.5. The van der Waals surface area contributed by atoms with Crippen LogP contribution in [-0.2, 0) is 9.59 Å². The van der Waals surface area contributed by atoms with Gasteiger partial charge in [0.2, 0.25) is 5.91 Å². The minimum atomic E-state index is -2.62. The van der Waals surface area contributed by atoms with Crippen molar-refractivity contribution in [3.05, 3.63) is 12.2 Å². The lowest BCUT2D eigenvalue weighted by Gasteiger charge is -2.31. The largest absolute Gasteiger partial charge is 0.387 e. The minimum absolute atomic E-state index is 0.549. The van der Waals surface area contributed by atoms with Crippen LogP contribution < -0.4 is 11.5 Å². The van der Waals surface area contributed by atoms with Crippen molar-refractivity contribution in [1.29, 1.82) is 0 Å². The third kappa shape index (κ3) is 9.64. The summed E-state index contributed by atoms with van der Waals surface area (Å²) in [5.41, 5.74) is 7.34. The van der Waals surface area contributed by atoms with Gasteiger partial charge in [-0.25, -0.2) is 0 Å². The Morgan fingerprint density at radius 3 is 1.79 bits per heavy atom. The van der Waals surface area contributed by atoms with Crippen LogP contribution in [0.1, 0.15) is 77.6 Å². The molecule has 164 valence electrons. The molecule has 4 unspecified atom stereocenters. The Morgan fingerprint density at radius 1 is 0.893 bits per heavy atom. The van der Waals surface area contributed by atoms with E-state index in [4.69, 9.17) is 11.5 Å². The smallest absolute Gasteiger partial charge is 0.256 e. The number of carbonyl (C=O) groups excluding carboxylic acids is 2. The molecule has 8 nitrogen and oxygen atoms in total. The third-order valence-corrected chi connectivity index (χ3v) is 4.88. The molecule has 0 aliphatic rings. The molecule has 4 atom stereocenters. The number of amides is 2. The summed E-state index contributed by atoms with van der Waals surface area (Å²) in [6, 6.07) is 0. The standard InChI is InChI=1S/C20H38N2O6/c1-2-3-4-5-6-7-8-9-10-11-12-13-14-20(28,19(22)27)17(25)15(23)16(24)18(21)26/h13-17,23-25,28H,2-12H2,1H3,(H2,21,26)(H2,22,27)/b14-13+. The summed E-state index contributed by atoms with van der Waals surface area (Å²) in [5, 5.41) is 39.4. The van der Waals surface area contributed by atoms with E-state index in [1.807, 2.05) is 0 Å². The lowest BCUT2D eigenvalue weighted by molar-refractivity contribution is -0.164. The fourth-order valence-electron chi connectivity index (χ4n) is 2.94. The number of aliphatic hydroxyl groups is 4. The zero-order chi connectivity index (χ0) is 21.6. The molecule has 0 aliphatic carbocycles. The van der Waals surface area contributed by atoms with E-state index in [2.05, 4.69) is 6.92 Å². The van der Waals surface area contributed by atoms with Crippen molar-refractivity contribution in [2.24, 2.45) is 11.5 Å². The van der Waals surface area contributed by atoms with E-state index >= 15 is 0 Å². The highest BCUT2D eigenvalue weighted by atomic mass is 16.4. The van der Waals surface area contributed by atoms with Gasteiger partial charge >= 0.3 is 0 Å². The molecule has 2 amide bonds. The molecule has 0 aromatic rings. The van der Waals surface area contributed by atoms with Crippen LogP contribution >= 0.6 is 0 Å². The van der Waals surface area contributed by atoms with Gasteiger partial charge in [0.05, 0.1) is 0 Å². The van der Waals surface area contributed by atoms with Gasteiger partial charge in [-0.15, -0.1) is 0 Å². The van der Waals surface area contributed by atoms with Gasteiger partial charge in [0.1, 0.15) is 12.2 Å². The van der Waals surface area contributed by atoms with Crippen LogP contribution in [-0.4, -0.2) is 56.2 Å². The average Bonchev–Trinajstić information content (AvgIpc) is 2.66. The zero-order valence-electron chi connectivity index (χ0n) is 16.9. The van der Waals surface area contributed by atoms with Crippen molar-refractivity contribution in [3.63, 3.8) is 0 Å². The number of rotatable bonds is 17. The van der Waals surface area contributed by atoms with Crippen molar-refractivity contribution in [1.82, 2.24) is 0 Å². The first-order valence-corrected chi connectivity index (χ1v) is 10.2. The lowest BCUT2D eigenvalue weighted by atomic mass is 9.88. The van der Waals surface area contributed by atoms with Crippen LogP contribution in [0.5, 0.6) is 0 Å². The molecule has 8 heteroatoms. The number of nitrogens with two attached hydrogens (primary N) is 2. The molecule has 28 heavy (non-hydrogen) atoms. The number of hydrogen-bond acceptors (Lipinski definition) is 6. The summed E-state index contributed by atoms with van der Waals surface area (Å²) >= 11 is 0. The molecule has 0 aromatic carbocycles. The van der Waals surface area contributed by atoms with Crippen LogP contribution in [0.15, 0.2) is 12.2 Å². The summed E-state index contributed by atoms with van der Waals surface area (Å²) < 4.78 is 0. The Hall–Kier alpha value is -1.48. The predicted molar refractivity (Wildman–Crippen MR) is 107 cm³/mol. The fraction of sp³-hybridized carbons (Fsp3) is 0.800. The van der Waals surface area contributed by atoms with Gasteiger partial charge in [-0.3, -0.25) is 9.59 Å². The summed E-state index contributed by atoms with van der Waals surface area (Å²) in [5.74, 6) is -2.61. The predicted octanol–water partition coefficient (Wildman–Crippen LogP) is 0.638. The Bertz CT molecular complexity index is 485. The SMILES string of the molecule is CCCCCCCCCCCC/C=C/C(O)(C(N)=O)C(O)C(O)C(O)C(N)=O. The topological polar surface area (TPSA) is 167 Å². The Morgan fingerprint density at radius 2 is 1.36 bits per heavy atom. The van der Waals surface area contributed by atoms with E-state index in [1.165, 1.54) is 51.0 Å². The number of primary amides is 2. The maximum absolute atomic E-state index is 11.5. The molecule has 0 radical (unpaired) electrons. The van der Waals surface area contributed by atoms with Gasteiger partial charge in [-0.05, 0) is 18.9 Å². The monoisotopic (exact) mass is 402 g/mol. The molecule has 0 fully saturated rings. The summed E-state index contributed by atoms with van der Waals surface area (Å²) in [4.78, 5) is 22.4. The van der Waals surface area contributed by atoms with Crippen LogP contribution in [0.25, 0.3) is 0 Å². The van der Waals surface area contributed by atoms with Gasteiger partial charge in [0, 0.05) is 0 Å². The van der Waals surface area contributed by atoms with Crippen molar-refractivity contribution in [2.75, 3.05) is 0 Å². The Balaban J connectivity index is 4.27. The van der Waals surface area contributed by atoms with E-state index in [9.17, 15) is 30.0 Å². The normalized spacial score (nSPS) is 17.2. The zero-order valence-corrected chi connectivity index (χ0v) is 16.9. The lowest BCUT2D eigenvalue weighted by Crippen LogP contribution is -2.60. The summed E-state index contributed by atoms with van der Waals surface area (Å²) in [6.45, 7) is 2.20. The second-order valence-electron chi connectivity index (χ2n) is 7.35. The van der Waals surface area contributed by atoms with E-state index in [-0.39, 0.29) is 0 Å². The van der Waals surface area contributed by atoms with Gasteiger partial charge in [0.25, 0.3) is 5.91 Å². The van der Waals surface area contributed by atoms with Crippen LogP contribution in [0.4, 0.5) is 0 Å². The summed E-state index contributed by atoms with van der Waals surface area (Å²) in [7, 11) is 0. The molecule has 0 aliphatic heterocycles. The van der Waals surface area contributed by atoms with Crippen LogP contribution in [0.2, 0.25) is 0 Å². The van der Waals surface area contributed by atoms with Gasteiger partial charge in [0.15, 0.2) is 11.7 Å². The molecular formula is C20H38N2O6. The molecular weight excluding hydrogens is 364 g/mol. The maximum Gasteiger partial charge on any atom is 0.256 e. The minimum Gasteiger partial charge on any atom is -0.387 e. The van der Waals surface area contributed by atoms with Crippen molar-refractivity contribution in [2.45, 2.75) is 101 Å². The second kappa shape index (κ2) is 14.5. The van der Waals surface area contributed by atoms with Crippen molar-refractivity contribution >= 4 is 11.8 Å². The molecule has 0 heterocycles. The Kier molecular flexibility index (Phi) is 13.7. The summed E-state index contributed by atoms with van der Waals surface area (Å²) in [6.07, 6.45) is 8.30. The number of unbranched alkanes of at least 4 members (excludes halogenated alkanes) is 10. The molecule has 0 spiro atoms. The maximum atomic E-state index is 11.5. The highest BCUT2D eigenvalue weighted by Crippen LogP contribution is 2.19. The molecule has 8 N–H and O–H groups in total. The number of aliphatic hydroxyl groups excluding tert-OH is 3. The van der Waals surface area contributed by atoms with Crippen molar-refractivity contribution < 1.29 is 30.0 Å². The number of hydrogen-bond donors (Lipinski definition) is 6. The van der Waals surface area contributed by atoms with Gasteiger partial charge in [-0.2, -0.15) is 0 Å². The Labute approximate surface area is 167 Å². The molecule has 0 saturated carbocycles. The number of carbonyl (C=O) groups is 2. The first-order chi connectivity index (χ1) is 13.2. The fourth-order valence-corrected chi connectivity index (χ4v) is 2.94. The van der Waals surface area contributed by atoms with Crippen LogP contribution in [0.3, 0.4) is 0 Å². The highest BCUT2D eigenvalue weighted by molar-refractivity contribution is 5.87. The van der Waals surface area contributed by atoms with E-state index in [0.29, 0.717) is 6.42 Å².